The van der Waals surface area contributed by atoms with Crippen molar-refractivity contribution in [3.05, 3.63) is 113 Å². The summed E-state index contributed by atoms with van der Waals surface area (Å²) in [6, 6.07) is 28.0. The van der Waals surface area contributed by atoms with Gasteiger partial charge in [0.2, 0.25) is 11.9 Å². The van der Waals surface area contributed by atoms with Gasteiger partial charge in [0.25, 0.3) is 0 Å². The number of anilines is 3. The van der Waals surface area contributed by atoms with Gasteiger partial charge in [0, 0.05) is 40.8 Å². The monoisotopic (exact) mass is 585 g/mol. The van der Waals surface area contributed by atoms with Crippen molar-refractivity contribution in [2.45, 2.75) is 25.8 Å². The molecule has 2 aromatic carbocycles. The quantitative estimate of drug-likeness (QED) is 0.189. The molecule has 2 N–H and O–H groups in total. The van der Waals surface area contributed by atoms with E-state index in [-0.39, 0.29) is 5.91 Å². The van der Waals surface area contributed by atoms with Crippen LogP contribution in [0.3, 0.4) is 0 Å². The highest BCUT2D eigenvalue weighted by Gasteiger charge is 2.19. The largest absolute Gasteiger partial charge is 0.326 e. The highest BCUT2D eigenvalue weighted by Crippen LogP contribution is 2.33. The third kappa shape index (κ3) is 6.18. The number of aromatic nitrogens is 4. The van der Waals surface area contributed by atoms with Gasteiger partial charge in [-0.1, -0.05) is 36.4 Å². The maximum Gasteiger partial charge on any atom is 0.229 e. The molecule has 9 heteroatoms. The zero-order valence-corrected chi connectivity index (χ0v) is 24.4. The second-order valence-corrected chi connectivity index (χ2v) is 11.7. The fourth-order valence-electron chi connectivity index (χ4n) is 5.59. The lowest BCUT2D eigenvalue weighted by Crippen LogP contribution is -2.18. The summed E-state index contributed by atoms with van der Waals surface area (Å²) in [7, 11) is 0. The Balaban J connectivity index is 1.18. The molecule has 0 atom stereocenters. The van der Waals surface area contributed by atoms with Crippen molar-refractivity contribution in [3.63, 3.8) is 0 Å². The van der Waals surface area contributed by atoms with Crippen LogP contribution in [0.5, 0.6) is 0 Å². The number of carbonyl (C=O) groups is 1. The van der Waals surface area contributed by atoms with Crippen LogP contribution in [0.25, 0.3) is 28.3 Å². The van der Waals surface area contributed by atoms with Gasteiger partial charge in [-0.05, 0) is 85.4 Å². The predicted octanol–water partition coefficient (Wildman–Crippen LogP) is 7.04. The summed E-state index contributed by atoms with van der Waals surface area (Å²) in [5.41, 5.74) is 7.02. The van der Waals surface area contributed by atoms with Crippen LogP contribution in [0.1, 0.15) is 23.3 Å². The average molecular weight is 586 g/mol. The van der Waals surface area contributed by atoms with Crippen molar-refractivity contribution < 1.29 is 4.79 Å². The van der Waals surface area contributed by atoms with Gasteiger partial charge in [0.1, 0.15) is 5.65 Å². The van der Waals surface area contributed by atoms with E-state index < -0.39 is 0 Å². The molecule has 1 saturated heterocycles. The van der Waals surface area contributed by atoms with Gasteiger partial charge in [-0.25, -0.2) is 15.0 Å². The number of imidazole rings is 1. The Kier molecular flexibility index (Phi) is 7.64. The first-order valence-corrected chi connectivity index (χ1v) is 15.4. The molecule has 0 unspecified atom stereocenters. The number of nitrogens with one attached hydrogen (secondary N) is 2. The SMILES string of the molecule is O=C(Cc1cccs1)Nc1cccc(-c2nc3ccccn3c2-c2ccnc(Nc3cccc(CN4CCCC4)c3)n2)c1. The Labute approximate surface area is 254 Å². The van der Waals surface area contributed by atoms with Crippen LogP contribution in [0.4, 0.5) is 17.3 Å². The summed E-state index contributed by atoms with van der Waals surface area (Å²) in [6.45, 7) is 3.28. The number of pyridine rings is 1. The van der Waals surface area contributed by atoms with E-state index in [2.05, 4.69) is 38.7 Å². The van der Waals surface area contributed by atoms with Gasteiger partial charge in [-0.2, -0.15) is 0 Å². The summed E-state index contributed by atoms with van der Waals surface area (Å²) in [6.07, 6.45) is 6.66. The van der Waals surface area contributed by atoms with E-state index in [9.17, 15) is 4.79 Å². The summed E-state index contributed by atoms with van der Waals surface area (Å²) < 4.78 is 2.04. The third-order valence-electron chi connectivity index (χ3n) is 7.55. The highest BCUT2D eigenvalue weighted by molar-refractivity contribution is 7.10. The summed E-state index contributed by atoms with van der Waals surface area (Å²) in [5.74, 6) is 0.466. The van der Waals surface area contributed by atoms with Gasteiger partial charge in [0.05, 0.1) is 23.5 Å². The third-order valence-corrected chi connectivity index (χ3v) is 8.43. The molecule has 8 nitrogen and oxygen atoms in total. The normalized spacial score (nSPS) is 13.4. The van der Waals surface area contributed by atoms with E-state index in [1.54, 1.807) is 17.5 Å². The van der Waals surface area contributed by atoms with E-state index in [0.717, 1.165) is 64.2 Å². The number of thiophene rings is 1. The molecule has 1 aliphatic rings. The molecule has 6 aromatic rings. The van der Waals surface area contributed by atoms with Crippen LogP contribution in [0.15, 0.2) is 103 Å². The lowest BCUT2D eigenvalue weighted by molar-refractivity contribution is -0.115. The van der Waals surface area contributed by atoms with Crippen LogP contribution in [-0.4, -0.2) is 43.2 Å². The number of hydrogen-bond acceptors (Lipinski definition) is 7. The number of hydrogen-bond donors (Lipinski definition) is 2. The van der Waals surface area contributed by atoms with Gasteiger partial charge in [-0.15, -0.1) is 11.3 Å². The van der Waals surface area contributed by atoms with Gasteiger partial charge in [-0.3, -0.25) is 14.1 Å². The Bertz CT molecular complexity index is 1880. The van der Waals surface area contributed by atoms with E-state index >= 15 is 0 Å². The van der Waals surface area contributed by atoms with E-state index in [4.69, 9.17) is 9.97 Å². The smallest absolute Gasteiger partial charge is 0.229 e. The van der Waals surface area contributed by atoms with Crippen molar-refractivity contribution in [1.82, 2.24) is 24.3 Å². The molecule has 1 amide bonds. The molecule has 0 radical (unpaired) electrons. The lowest BCUT2D eigenvalue weighted by atomic mass is 10.1. The first-order chi connectivity index (χ1) is 21.2. The fraction of sp³-hybridized carbons (Fsp3) is 0.176. The number of rotatable bonds is 9. The van der Waals surface area contributed by atoms with Crippen molar-refractivity contribution in [2.24, 2.45) is 0 Å². The standard InChI is InChI=1S/C34H31N7OS/c42-31(22-28-12-7-19-43-28)36-27-11-6-9-25(21-27)32-33(41-18-2-1-13-30(41)39-32)29-14-15-35-34(38-29)37-26-10-5-8-24(20-26)23-40-16-3-4-17-40/h1-2,5-15,18-21H,3-4,16-17,22-23H2,(H,36,42)(H,35,37,38). The second kappa shape index (κ2) is 12.2. The Morgan fingerprint density at radius 2 is 1.77 bits per heavy atom. The van der Waals surface area contributed by atoms with Crippen molar-refractivity contribution >= 4 is 40.2 Å². The van der Waals surface area contributed by atoms with Gasteiger partial charge < -0.3 is 10.6 Å². The molecule has 1 aliphatic heterocycles. The minimum absolute atomic E-state index is 0.0501. The number of nitrogens with zero attached hydrogens (tertiary/aromatic N) is 5. The van der Waals surface area contributed by atoms with Crippen molar-refractivity contribution in [2.75, 3.05) is 23.7 Å². The number of amides is 1. The van der Waals surface area contributed by atoms with E-state index in [1.165, 1.54) is 18.4 Å². The first kappa shape index (κ1) is 27.0. The maximum absolute atomic E-state index is 12.7. The summed E-state index contributed by atoms with van der Waals surface area (Å²) in [5, 5.41) is 8.43. The topological polar surface area (TPSA) is 87.5 Å². The minimum Gasteiger partial charge on any atom is -0.326 e. The fourth-order valence-corrected chi connectivity index (χ4v) is 6.29. The Morgan fingerprint density at radius 3 is 2.65 bits per heavy atom. The van der Waals surface area contributed by atoms with E-state index in [0.29, 0.717) is 12.4 Å². The molecule has 7 rings (SSSR count). The van der Waals surface area contributed by atoms with E-state index in [1.807, 2.05) is 82.7 Å². The molecule has 0 spiro atoms. The number of fused-ring (bicyclic) bond motifs is 1. The maximum atomic E-state index is 12.7. The Morgan fingerprint density at radius 1 is 0.884 bits per heavy atom. The molecular weight excluding hydrogens is 554 g/mol. The van der Waals surface area contributed by atoms with Crippen LogP contribution < -0.4 is 10.6 Å². The number of carbonyl (C=O) groups excluding carboxylic acids is 1. The van der Waals surface area contributed by atoms with Crippen LogP contribution >= 0.6 is 11.3 Å². The molecule has 0 bridgehead atoms. The van der Waals surface area contributed by atoms with Crippen LogP contribution in [0.2, 0.25) is 0 Å². The molecule has 0 aliphatic carbocycles. The molecule has 4 aromatic heterocycles. The average Bonchev–Trinajstić information content (AvgIpc) is 3.79. The minimum atomic E-state index is -0.0501. The summed E-state index contributed by atoms with van der Waals surface area (Å²) in [4.78, 5) is 30.7. The first-order valence-electron chi connectivity index (χ1n) is 14.5. The van der Waals surface area contributed by atoms with Gasteiger partial charge in [0.15, 0.2) is 0 Å². The number of likely N-dealkylation sites (tertiary alicyclic amines) is 1. The molecule has 0 saturated carbocycles. The molecule has 5 heterocycles. The van der Waals surface area contributed by atoms with Crippen LogP contribution in [0, 0.1) is 0 Å². The highest BCUT2D eigenvalue weighted by atomic mass is 32.1. The zero-order chi connectivity index (χ0) is 29.0. The predicted molar refractivity (Wildman–Crippen MR) is 173 cm³/mol. The molecule has 214 valence electrons. The molecular formula is C34H31N7OS. The molecule has 1 fully saturated rings. The second-order valence-electron chi connectivity index (χ2n) is 10.7. The van der Waals surface area contributed by atoms with Crippen molar-refractivity contribution in [3.8, 4) is 22.6 Å². The number of benzene rings is 2. The zero-order valence-electron chi connectivity index (χ0n) is 23.6. The van der Waals surface area contributed by atoms with Gasteiger partial charge >= 0.3 is 0 Å². The Hall–Kier alpha value is -4.86. The van der Waals surface area contributed by atoms with Crippen molar-refractivity contribution in [1.29, 1.82) is 0 Å². The lowest BCUT2D eigenvalue weighted by Gasteiger charge is -2.15. The summed E-state index contributed by atoms with van der Waals surface area (Å²) >= 11 is 1.58. The van der Waals surface area contributed by atoms with Crippen LogP contribution in [-0.2, 0) is 17.8 Å². The molecule has 43 heavy (non-hydrogen) atoms.